The summed E-state index contributed by atoms with van der Waals surface area (Å²) in [6.45, 7) is 1.47. The van der Waals surface area contributed by atoms with Crippen LogP contribution in [0.3, 0.4) is 0 Å². The standard InChI is InChI=1S/C20H21ClN4O2/c21-17-6-7-18-19(13-17)25(23-22-18)27-14-20(26)24-10-8-16(9-11-24)12-15-4-2-1-3-5-15/h1-7,13,16H,8-12,14H2. The summed E-state index contributed by atoms with van der Waals surface area (Å²) in [5.74, 6) is 0.595. The average molecular weight is 385 g/mol. The van der Waals surface area contributed by atoms with E-state index in [9.17, 15) is 4.79 Å². The molecule has 7 heteroatoms. The lowest BCUT2D eigenvalue weighted by atomic mass is 9.90. The molecule has 6 nitrogen and oxygen atoms in total. The van der Waals surface area contributed by atoms with Gasteiger partial charge in [-0.25, -0.2) is 0 Å². The Labute approximate surface area is 162 Å². The average Bonchev–Trinajstić information content (AvgIpc) is 3.09. The summed E-state index contributed by atoms with van der Waals surface area (Å²) in [5, 5.41) is 8.50. The number of piperidine rings is 1. The molecule has 1 amide bonds. The molecule has 0 atom stereocenters. The highest BCUT2D eigenvalue weighted by Gasteiger charge is 2.23. The van der Waals surface area contributed by atoms with Gasteiger partial charge < -0.3 is 9.74 Å². The van der Waals surface area contributed by atoms with Crippen LogP contribution in [0.25, 0.3) is 11.0 Å². The van der Waals surface area contributed by atoms with E-state index in [-0.39, 0.29) is 12.5 Å². The lowest BCUT2D eigenvalue weighted by molar-refractivity contribution is -0.138. The van der Waals surface area contributed by atoms with E-state index in [1.54, 1.807) is 18.2 Å². The Bertz CT molecular complexity index is 920. The molecule has 0 radical (unpaired) electrons. The van der Waals surface area contributed by atoms with E-state index in [4.69, 9.17) is 16.4 Å². The highest BCUT2D eigenvalue weighted by Crippen LogP contribution is 2.22. The molecule has 140 valence electrons. The largest absolute Gasteiger partial charge is 0.385 e. The first-order valence-corrected chi connectivity index (χ1v) is 9.53. The van der Waals surface area contributed by atoms with Crippen LogP contribution in [-0.4, -0.2) is 45.7 Å². The zero-order valence-corrected chi connectivity index (χ0v) is 15.7. The SMILES string of the molecule is O=C(COn1nnc2ccc(Cl)cc21)N1CCC(Cc2ccccc2)CC1. The summed E-state index contributed by atoms with van der Waals surface area (Å²) < 4.78 is 0. The number of amides is 1. The number of hydrogen-bond acceptors (Lipinski definition) is 4. The zero-order valence-electron chi connectivity index (χ0n) is 14.9. The fraction of sp³-hybridized carbons (Fsp3) is 0.350. The monoisotopic (exact) mass is 384 g/mol. The molecule has 0 spiro atoms. The molecular weight excluding hydrogens is 364 g/mol. The summed E-state index contributed by atoms with van der Waals surface area (Å²) >= 11 is 6.00. The second-order valence-corrected chi connectivity index (χ2v) is 7.32. The number of aromatic nitrogens is 3. The molecule has 1 aliphatic heterocycles. The van der Waals surface area contributed by atoms with Crippen molar-refractivity contribution in [2.45, 2.75) is 19.3 Å². The molecule has 1 aromatic heterocycles. The molecule has 3 aromatic rings. The van der Waals surface area contributed by atoms with E-state index in [1.165, 1.54) is 10.4 Å². The maximum absolute atomic E-state index is 12.5. The van der Waals surface area contributed by atoms with Crippen molar-refractivity contribution in [3.05, 3.63) is 59.1 Å². The van der Waals surface area contributed by atoms with Crippen LogP contribution in [0.4, 0.5) is 0 Å². The summed E-state index contributed by atoms with van der Waals surface area (Å²) in [4.78, 5) is 21.2. The van der Waals surface area contributed by atoms with Gasteiger partial charge in [-0.05, 0) is 54.2 Å². The fourth-order valence-electron chi connectivity index (χ4n) is 3.51. The predicted octanol–water partition coefficient (Wildman–Crippen LogP) is 2.99. The Morgan fingerprint density at radius 1 is 1.15 bits per heavy atom. The molecular formula is C20H21ClN4O2. The van der Waals surface area contributed by atoms with E-state index in [0.29, 0.717) is 22.0 Å². The van der Waals surface area contributed by atoms with Crippen molar-refractivity contribution >= 4 is 28.5 Å². The van der Waals surface area contributed by atoms with Crippen molar-refractivity contribution in [1.82, 2.24) is 20.1 Å². The van der Waals surface area contributed by atoms with Crippen LogP contribution >= 0.6 is 11.6 Å². The van der Waals surface area contributed by atoms with Gasteiger partial charge in [0.2, 0.25) is 0 Å². The van der Waals surface area contributed by atoms with Crippen LogP contribution in [0.15, 0.2) is 48.5 Å². The van der Waals surface area contributed by atoms with Gasteiger partial charge in [0.15, 0.2) is 6.61 Å². The van der Waals surface area contributed by atoms with E-state index in [0.717, 1.165) is 32.4 Å². The van der Waals surface area contributed by atoms with Gasteiger partial charge in [0.1, 0.15) is 11.0 Å². The van der Waals surface area contributed by atoms with Crippen LogP contribution in [-0.2, 0) is 11.2 Å². The lowest BCUT2D eigenvalue weighted by Gasteiger charge is -2.32. The van der Waals surface area contributed by atoms with Gasteiger partial charge in [0.05, 0.1) is 0 Å². The van der Waals surface area contributed by atoms with Crippen LogP contribution < -0.4 is 4.84 Å². The lowest BCUT2D eigenvalue weighted by Crippen LogP contribution is -2.42. The Kier molecular flexibility index (Phi) is 5.25. The molecule has 0 saturated carbocycles. The van der Waals surface area contributed by atoms with Gasteiger partial charge in [-0.1, -0.05) is 46.8 Å². The first kappa shape index (κ1) is 17.8. The molecule has 0 aliphatic carbocycles. The molecule has 1 fully saturated rings. The van der Waals surface area contributed by atoms with Crippen molar-refractivity contribution in [2.75, 3.05) is 19.7 Å². The van der Waals surface area contributed by atoms with E-state index in [2.05, 4.69) is 34.6 Å². The molecule has 2 aromatic carbocycles. The highest BCUT2D eigenvalue weighted by molar-refractivity contribution is 6.31. The van der Waals surface area contributed by atoms with Gasteiger partial charge in [-0.2, -0.15) is 0 Å². The first-order chi connectivity index (χ1) is 13.2. The number of rotatable bonds is 5. The second kappa shape index (κ2) is 7.96. The third-order valence-corrected chi connectivity index (χ3v) is 5.26. The Hall–Kier alpha value is -2.60. The summed E-state index contributed by atoms with van der Waals surface area (Å²) in [7, 11) is 0. The normalized spacial score (nSPS) is 15.2. The molecule has 0 N–H and O–H groups in total. The maximum atomic E-state index is 12.5. The third-order valence-electron chi connectivity index (χ3n) is 5.02. The third kappa shape index (κ3) is 4.22. The summed E-state index contributed by atoms with van der Waals surface area (Å²) in [6, 6.07) is 15.8. The Balaban J connectivity index is 1.28. The zero-order chi connectivity index (χ0) is 18.6. The van der Waals surface area contributed by atoms with Gasteiger partial charge in [-0.3, -0.25) is 4.79 Å². The number of benzene rings is 2. The van der Waals surface area contributed by atoms with Gasteiger partial charge in [0.25, 0.3) is 5.91 Å². The van der Waals surface area contributed by atoms with Crippen molar-refractivity contribution in [2.24, 2.45) is 5.92 Å². The van der Waals surface area contributed by atoms with Crippen molar-refractivity contribution in [1.29, 1.82) is 0 Å². The van der Waals surface area contributed by atoms with Crippen LogP contribution in [0.1, 0.15) is 18.4 Å². The van der Waals surface area contributed by atoms with Crippen molar-refractivity contribution < 1.29 is 9.63 Å². The minimum Gasteiger partial charge on any atom is -0.385 e. The molecule has 2 heterocycles. The predicted molar refractivity (Wildman–Crippen MR) is 103 cm³/mol. The van der Waals surface area contributed by atoms with Gasteiger partial charge >= 0.3 is 0 Å². The number of carbonyl (C=O) groups is 1. The van der Waals surface area contributed by atoms with Crippen LogP contribution in [0.2, 0.25) is 5.02 Å². The van der Waals surface area contributed by atoms with Crippen LogP contribution in [0.5, 0.6) is 0 Å². The minimum atomic E-state index is -0.0612. The van der Waals surface area contributed by atoms with E-state index < -0.39 is 0 Å². The molecule has 1 saturated heterocycles. The maximum Gasteiger partial charge on any atom is 0.263 e. The van der Waals surface area contributed by atoms with E-state index >= 15 is 0 Å². The van der Waals surface area contributed by atoms with Crippen molar-refractivity contribution in [3.63, 3.8) is 0 Å². The number of fused-ring (bicyclic) bond motifs is 1. The van der Waals surface area contributed by atoms with Crippen LogP contribution in [0, 0.1) is 5.92 Å². The molecule has 0 unspecified atom stereocenters. The summed E-state index contributed by atoms with van der Waals surface area (Å²) in [5.41, 5.74) is 2.69. The summed E-state index contributed by atoms with van der Waals surface area (Å²) in [6.07, 6.45) is 3.11. The number of carbonyl (C=O) groups excluding carboxylic acids is 1. The Morgan fingerprint density at radius 2 is 1.93 bits per heavy atom. The smallest absolute Gasteiger partial charge is 0.263 e. The van der Waals surface area contributed by atoms with Gasteiger partial charge in [0, 0.05) is 18.1 Å². The van der Waals surface area contributed by atoms with E-state index in [1.807, 2.05) is 11.0 Å². The second-order valence-electron chi connectivity index (χ2n) is 6.88. The van der Waals surface area contributed by atoms with Gasteiger partial charge in [-0.15, -0.1) is 5.10 Å². The number of likely N-dealkylation sites (tertiary alicyclic amines) is 1. The quantitative estimate of drug-likeness (QED) is 0.678. The minimum absolute atomic E-state index is 0.0289. The number of hydrogen-bond donors (Lipinski definition) is 0. The molecule has 1 aliphatic rings. The fourth-order valence-corrected chi connectivity index (χ4v) is 3.67. The number of halogens is 1. The number of nitrogens with zero attached hydrogens (tertiary/aromatic N) is 4. The molecule has 4 rings (SSSR count). The Morgan fingerprint density at radius 3 is 2.70 bits per heavy atom. The molecule has 27 heavy (non-hydrogen) atoms. The first-order valence-electron chi connectivity index (χ1n) is 9.15. The highest BCUT2D eigenvalue weighted by atomic mass is 35.5. The molecule has 0 bridgehead atoms. The van der Waals surface area contributed by atoms with Crippen molar-refractivity contribution in [3.8, 4) is 0 Å². The topological polar surface area (TPSA) is 60.3 Å².